The maximum absolute atomic E-state index is 13.5. The molecule has 1 amide bonds. The molecular formula is C29H29ClFN5O4. The Balaban J connectivity index is 1.37. The van der Waals surface area contributed by atoms with Crippen LogP contribution >= 0.6 is 11.6 Å². The van der Waals surface area contributed by atoms with Crippen molar-refractivity contribution < 1.29 is 23.4 Å². The summed E-state index contributed by atoms with van der Waals surface area (Å²) in [4.78, 5) is 21.7. The van der Waals surface area contributed by atoms with Crippen molar-refractivity contribution in [2.75, 3.05) is 37.5 Å². The van der Waals surface area contributed by atoms with E-state index in [0.717, 1.165) is 19.4 Å². The molecule has 1 aliphatic heterocycles. The second-order valence-corrected chi connectivity index (χ2v) is 9.66. The summed E-state index contributed by atoms with van der Waals surface area (Å²) < 4.78 is 30.2. The first-order valence-electron chi connectivity index (χ1n) is 12.9. The molecule has 0 saturated carbocycles. The van der Waals surface area contributed by atoms with Gasteiger partial charge in [0.15, 0.2) is 0 Å². The van der Waals surface area contributed by atoms with Gasteiger partial charge in [-0.1, -0.05) is 23.7 Å². The Morgan fingerprint density at radius 2 is 2.00 bits per heavy atom. The maximum atomic E-state index is 13.5. The zero-order valence-corrected chi connectivity index (χ0v) is 22.6. The van der Waals surface area contributed by atoms with Crippen LogP contribution in [-0.4, -0.2) is 48.8 Å². The van der Waals surface area contributed by atoms with E-state index in [4.69, 9.17) is 25.8 Å². The number of halogens is 2. The van der Waals surface area contributed by atoms with Crippen molar-refractivity contribution in [3.05, 3.63) is 77.3 Å². The molecule has 0 radical (unpaired) electrons. The zero-order chi connectivity index (χ0) is 27.9. The van der Waals surface area contributed by atoms with E-state index in [2.05, 4.69) is 25.9 Å². The highest BCUT2D eigenvalue weighted by molar-refractivity contribution is 6.32. The van der Waals surface area contributed by atoms with Crippen LogP contribution in [0.25, 0.3) is 10.9 Å². The minimum Gasteiger partial charge on any atom is -0.489 e. The molecule has 1 aromatic heterocycles. The molecule has 208 valence electrons. The lowest BCUT2D eigenvalue weighted by Gasteiger charge is -2.17. The third-order valence-corrected chi connectivity index (χ3v) is 6.69. The summed E-state index contributed by atoms with van der Waals surface area (Å²) in [5.74, 6) is 1.03. The van der Waals surface area contributed by atoms with Gasteiger partial charge in [-0.2, -0.15) is 0 Å². The number of fused-ring (bicyclic) bond motifs is 1. The van der Waals surface area contributed by atoms with Gasteiger partial charge in [0, 0.05) is 24.2 Å². The highest BCUT2D eigenvalue weighted by atomic mass is 35.5. The SMILES string of the molecule is COCCOc1cc2ncnc(Nc3ccc(OCc4cccc(F)c4)c(Cl)c3)c2cc1NC(=O)[C@@H]1CCCN1. The van der Waals surface area contributed by atoms with Crippen molar-refractivity contribution in [3.8, 4) is 11.5 Å². The van der Waals surface area contributed by atoms with Crippen molar-refractivity contribution in [2.24, 2.45) is 0 Å². The smallest absolute Gasteiger partial charge is 0.241 e. The molecule has 9 nitrogen and oxygen atoms in total. The average molecular weight is 566 g/mol. The molecule has 2 heterocycles. The Kier molecular flexibility index (Phi) is 8.90. The fourth-order valence-electron chi connectivity index (χ4n) is 4.38. The van der Waals surface area contributed by atoms with Crippen LogP contribution in [-0.2, 0) is 16.1 Å². The molecule has 3 N–H and O–H groups in total. The van der Waals surface area contributed by atoms with Crippen LogP contribution in [0.1, 0.15) is 18.4 Å². The van der Waals surface area contributed by atoms with Gasteiger partial charge in [-0.05, 0) is 61.3 Å². The van der Waals surface area contributed by atoms with Crippen LogP contribution < -0.4 is 25.4 Å². The highest BCUT2D eigenvalue weighted by Gasteiger charge is 2.23. The van der Waals surface area contributed by atoms with Crippen LogP contribution in [0.3, 0.4) is 0 Å². The first-order chi connectivity index (χ1) is 19.5. The van der Waals surface area contributed by atoms with Gasteiger partial charge in [0.05, 0.1) is 28.9 Å². The summed E-state index contributed by atoms with van der Waals surface area (Å²) in [6.07, 6.45) is 3.17. The minimum atomic E-state index is -0.324. The van der Waals surface area contributed by atoms with E-state index in [1.165, 1.54) is 18.5 Å². The molecule has 3 aromatic carbocycles. The van der Waals surface area contributed by atoms with E-state index in [0.29, 0.717) is 63.4 Å². The molecular weight excluding hydrogens is 537 g/mol. The molecule has 1 fully saturated rings. The largest absolute Gasteiger partial charge is 0.489 e. The number of benzene rings is 3. The Morgan fingerprint density at radius 1 is 1.10 bits per heavy atom. The van der Waals surface area contributed by atoms with E-state index in [9.17, 15) is 9.18 Å². The molecule has 0 unspecified atom stereocenters. The fraction of sp³-hybridized carbons (Fsp3) is 0.276. The minimum absolute atomic E-state index is 0.125. The van der Waals surface area contributed by atoms with E-state index in [1.54, 1.807) is 49.6 Å². The van der Waals surface area contributed by atoms with Gasteiger partial charge >= 0.3 is 0 Å². The molecule has 1 aliphatic rings. The lowest BCUT2D eigenvalue weighted by atomic mass is 10.1. The number of hydrogen-bond acceptors (Lipinski definition) is 8. The molecule has 0 aliphatic carbocycles. The van der Waals surface area contributed by atoms with Crippen LogP contribution in [0, 0.1) is 5.82 Å². The van der Waals surface area contributed by atoms with E-state index in [-0.39, 0.29) is 24.4 Å². The highest BCUT2D eigenvalue weighted by Crippen LogP contribution is 2.35. The summed E-state index contributed by atoms with van der Waals surface area (Å²) in [5, 5.41) is 10.5. The Hall–Kier alpha value is -3.99. The van der Waals surface area contributed by atoms with Crippen molar-refractivity contribution in [3.63, 3.8) is 0 Å². The number of aromatic nitrogens is 2. The molecule has 0 bridgehead atoms. The van der Waals surface area contributed by atoms with Gasteiger partial charge in [-0.3, -0.25) is 4.79 Å². The Morgan fingerprint density at radius 3 is 2.77 bits per heavy atom. The van der Waals surface area contributed by atoms with E-state index in [1.807, 2.05) is 0 Å². The molecule has 40 heavy (non-hydrogen) atoms. The average Bonchev–Trinajstić information content (AvgIpc) is 3.49. The maximum Gasteiger partial charge on any atom is 0.241 e. The summed E-state index contributed by atoms with van der Waals surface area (Å²) >= 11 is 6.49. The van der Waals surface area contributed by atoms with Crippen molar-refractivity contribution >= 4 is 45.6 Å². The topological polar surface area (TPSA) is 107 Å². The number of hydrogen-bond donors (Lipinski definition) is 3. The normalized spacial score (nSPS) is 14.7. The molecule has 4 aromatic rings. The first-order valence-corrected chi connectivity index (χ1v) is 13.3. The number of nitrogens with one attached hydrogen (secondary N) is 3. The van der Waals surface area contributed by atoms with Gasteiger partial charge in [0.1, 0.15) is 42.7 Å². The third kappa shape index (κ3) is 6.77. The van der Waals surface area contributed by atoms with Crippen LogP contribution in [0.4, 0.5) is 21.6 Å². The van der Waals surface area contributed by atoms with Crippen LogP contribution in [0.2, 0.25) is 5.02 Å². The van der Waals surface area contributed by atoms with Crippen molar-refractivity contribution in [1.82, 2.24) is 15.3 Å². The molecule has 11 heteroatoms. The monoisotopic (exact) mass is 565 g/mol. The fourth-order valence-corrected chi connectivity index (χ4v) is 4.62. The van der Waals surface area contributed by atoms with Crippen LogP contribution in [0.5, 0.6) is 11.5 Å². The number of methoxy groups -OCH3 is 1. The zero-order valence-electron chi connectivity index (χ0n) is 21.9. The number of nitrogens with zero attached hydrogens (tertiary/aromatic N) is 2. The van der Waals surface area contributed by atoms with E-state index >= 15 is 0 Å². The van der Waals surface area contributed by atoms with Gasteiger partial charge in [-0.25, -0.2) is 14.4 Å². The second-order valence-electron chi connectivity index (χ2n) is 9.26. The molecule has 1 saturated heterocycles. The van der Waals surface area contributed by atoms with Gasteiger partial charge in [-0.15, -0.1) is 0 Å². The van der Waals surface area contributed by atoms with Crippen molar-refractivity contribution in [2.45, 2.75) is 25.5 Å². The number of ether oxygens (including phenoxy) is 3. The van der Waals surface area contributed by atoms with Gasteiger partial charge in [0.25, 0.3) is 0 Å². The third-order valence-electron chi connectivity index (χ3n) is 6.39. The summed E-state index contributed by atoms with van der Waals surface area (Å²) in [6.45, 7) is 1.70. The Labute approximate surface area is 236 Å². The number of carbonyl (C=O) groups excluding carboxylic acids is 1. The van der Waals surface area contributed by atoms with Gasteiger partial charge < -0.3 is 30.2 Å². The van der Waals surface area contributed by atoms with Gasteiger partial charge in [0.2, 0.25) is 5.91 Å². The lowest BCUT2D eigenvalue weighted by molar-refractivity contribution is -0.117. The standard InChI is InChI=1S/C29H29ClFN5O4/c1-38-10-11-39-27-15-24-21(14-25(27)36-29(37)23-6-3-9-32-23)28(34-17-33-24)35-20-7-8-26(22(30)13-20)40-16-18-4-2-5-19(31)12-18/h2,4-5,7-8,12-15,17,23,32H,3,6,9-11,16H2,1H3,(H,36,37)(H,33,34,35)/t23-/m0/s1. The molecule has 5 rings (SSSR count). The number of anilines is 3. The first kappa shape index (κ1) is 27.6. The Bertz CT molecular complexity index is 1500. The quantitative estimate of drug-likeness (QED) is 0.206. The van der Waals surface area contributed by atoms with E-state index < -0.39 is 0 Å². The number of carbonyl (C=O) groups is 1. The summed E-state index contributed by atoms with van der Waals surface area (Å²) in [7, 11) is 1.60. The predicted octanol–water partition coefficient (Wildman–Crippen LogP) is 5.46. The number of rotatable bonds is 11. The summed E-state index contributed by atoms with van der Waals surface area (Å²) in [6, 6.07) is 14.8. The van der Waals surface area contributed by atoms with Crippen molar-refractivity contribution in [1.29, 1.82) is 0 Å². The van der Waals surface area contributed by atoms with Crippen LogP contribution in [0.15, 0.2) is 60.9 Å². The molecule has 1 atom stereocenters. The lowest BCUT2D eigenvalue weighted by Crippen LogP contribution is -2.35. The second kappa shape index (κ2) is 12.9. The molecule has 0 spiro atoms. The predicted molar refractivity (Wildman–Crippen MR) is 152 cm³/mol. The number of amides is 1. The summed E-state index contributed by atoms with van der Waals surface area (Å²) in [5.41, 5.74) is 2.51.